The van der Waals surface area contributed by atoms with Gasteiger partial charge in [0.25, 0.3) is 5.89 Å². The zero-order valence-corrected chi connectivity index (χ0v) is 16.7. The van der Waals surface area contributed by atoms with E-state index in [0.717, 1.165) is 17.5 Å². The first-order chi connectivity index (χ1) is 14.0. The highest BCUT2D eigenvalue weighted by atomic mass is 16.5. The second-order valence-corrected chi connectivity index (χ2v) is 6.72. The number of aromatic nitrogens is 2. The molecule has 3 aromatic rings. The third kappa shape index (κ3) is 5.28. The number of ether oxygens (including phenoxy) is 1. The molecular weight excluding hydrogens is 370 g/mol. The molecule has 1 aromatic heterocycles. The maximum atomic E-state index is 12.0. The summed E-state index contributed by atoms with van der Waals surface area (Å²) in [5.74, 6) is 0.837. The number of hydrogen-bond acceptors (Lipinski definition) is 6. The van der Waals surface area contributed by atoms with Gasteiger partial charge in [-0.1, -0.05) is 24.6 Å². The van der Waals surface area contributed by atoms with Crippen LogP contribution in [0.25, 0.3) is 11.5 Å². The molecule has 0 unspecified atom stereocenters. The van der Waals surface area contributed by atoms with Crippen LogP contribution in [-0.4, -0.2) is 21.9 Å². The van der Waals surface area contributed by atoms with Gasteiger partial charge in [0.05, 0.1) is 5.56 Å². The Kier molecular flexibility index (Phi) is 6.39. The maximum absolute atomic E-state index is 12.0. The fraction of sp³-hybridized carbons (Fsp3) is 0.273. The van der Waals surface area contributed by atoms with Crippen LogP contribution in [0.4, 0.5) is 5.69 Å². The van der Waals surface area contributed by atoms with Crippen molar-refractivity contribution < 1.29 is 18.7 Å². The van der Waals surface area contributed by atoms with Gasteiger partial charge in [0, 0.05) is 17.7 Å². The summed E-state index contributed by atoms with van der Waals surface area (Å²) in [6.07, 6.45) is 1.18. The Balaban J connectivity index is 1.70. The van der Waals surface area contributed by atoms with Crippen LogP contribution in [0, 0.1) is 6.92 Å². The molecule has 7 heteroatoms. The lowest BCUT2D eigenvalue weighted by molar-refractivity contribution is -0.116. The monoisotopic (exact) mass is 393 g/mol. The summed E-state index contributed by atoms with van der Waals surface area (Å²) in [4.78, 5) is 23.8. The number of aryl methyl sites for hydroxylation is 1. The number of nitrogens with one attached hydrogen (secondary N) is 1. The van der Waals surface area contributed by atoms with Crippen LogP contribution in [0.3, 0.4) is 0 Å². The summed E-state index contributed by atoms with van der Waals surface area (Å²) in [5.41, 5.74) is 2.90. The van der Waals surface area contributed by atoms with E-state index in [0.29, 0.717) is 35.2 Å². The van der Waals surface area contributed by atoms with Crippen LogP contribution in [-0.2, 0) is 11.4 Å². The largest absolute Gasteiger partial charge is 0.483 e. The highest BCUT2D eigenvalue weighted by Crippen LogP contribution is 2.25. The summed E-state index contributed by atoms with van der Waals surface area (Å²) in [7, 11) is 0. The molecule has 1 heterocycles. The van der Waals surface area contributed by atoms with Crippen LogP contribution >= 0.6 is 0 Å². The Labute approximate surface area is 169 Å². The fourth-order valence-electron chi connectivity index (χ4n) is 2.72. The molecule has 0 spiro atoms. The van der Waals surface area contributed by atoms with Crippen LogP contribution in [0.1, 0.15) is 48.5 Å². The molecule has 0 bridgehead atoms. The predicted molar refractivity (Wildman–Crippen MR) is 109 cm³/mol. The molecule has 3 rings (SSSR count). The molecular formula is C22H23N3O4. The van der Waals surface area contributed by atoms with Crippen LogP contribution in [0.15, 0.2) is 46.9 Å². The molecule has 29 heavy (non-hydrogen) atoms. The van der Waals surface area contributed by atoms with Crippen molar-refractivity contribution in [1.29, 1.82) is 0 Å². The van der Waals surface area contributed by atoms with E-state index in [4.69, 9.17) is 9.15 Å². The third-order valence-corrected chi connectivity index (χ3v) is 4.24. The average molecular weight is 393 g/mol. The number of rotatable bonds is 8. The highest BCUT2D eigenvalue weighted by Gasteiger charge is 2.14. The lowest BCUT2D eigenvalue weighted by Crippen LogP contribution is -2.11. The predicted octanol–water partition coefficient (Wildman–Crippen LogP) is 4.57. The Morgan fingerprint density at radius 3 is 2.55 bits per heavy atom. The van der Waals surface area contributed by atoms with Gasteiger partial charge in [-0.05, 0) is 50.6 Å². The lowest BCUT2D eigenvalue weighted by Gasteiger charge is -2.11. The van der Waals surface area contributed by atoms with Crippen molar-refractivity contribution in [2.45, 2.75) is 40.2 Å². The molecule has 0 atom stereocenters. The molecule has 0 saturated carbocycles. The van der Waals surface area contributed by atoms with Crippen LogP contribution in [0.5, 0.6) is 5.75 Å². The summed E-state index contributed by atoms with van der Waals surface area (Å²) >= 11 is 0. The quantitative estimate of drug-likeness (QED) is 0.564. The van der Waals surface area contributed by atoms with Crippen molar-refractivity contribution in [2.75, 3.05) is 5.32 Å². The fourth-order valence-corrected chi connectivity index (χ4v) is 2.72. The van der Waals surface area contributed by atoms with Gasteiger partial charge in [-0.3, -0.25) is 9.59 Å². The molecule has 0 aliphatic heterocycles. The minimum Gasteiger partial charge on any atom is -0.483 e. The van der Waals surface area contributed by atoms with Crippen LogP contribution in [0.2, 0.25) is 0 Å². The number of hydrogen-bond donors (Lipinski definition) is 1. The number of carbonyl (C=O) groups excluding carboxylic acids is 2. The molecule has 0 saturated heterocycles. The number of ketones is 1. The first kappa shape index (κ1) is 20.3. The van der Waals surface area contributed by atoms with Gasteiger partial charge in [0.15, 0.2) is 12.4 Å². The van der Waals surface area contributed by atoms with E-state index >= 15 is 0 Å². The second kappa shape index (κ2) is 9.14. The van der Waals surface area contributed by atoms with Crippen molar-refractivity contribution in [1.82, 2.24) is 10.2 Å². The average Bonchev–Trinajstić information content (AvgIpc) is 3.16. The first-order valence-corrected chi connectivity index (χ1v) is 9.43. The van der Waals surface area contributed by atoms with Gasteiger partial charge in [-0.2, -0.15) is 0 Å². The number of benzene rings is 2. The van der Waals surface area contributed by atoms with Crippen molar-refractivity contribution in [3.63, 3.8) is 0 Å². The summed E-state index contributed by atoms with van der Waals surface area (Å²) < 4.78 is 11.4. The topological polar surface area (TPSA) is 94.3 Å². The number of nitrogens with zero attached hydrogens (tertiary/aromatic N) is 2. The van der Waals surface area contributed by atoms with Gasteiger partial charge >= 0.3 is 0 Å². The van der Waals surface area contributed by atoms with E-state index in [1.54, 1.807) is 18.2 Å². The number of Topliss-reactive ketones (excluding diaryl/α,β-unsaturated/α-hetero) is 1. The normalized spacial score (nSPS) is 10.6. The van der Waals surface area contributed by atoms with E-state index in [1.807, 2.05) is 38.1 Å². The number of amides is 1. The SMILES string of the molecule is CCCC(=O)Nc1ccc(OCc2nnc(-c3ccc(C)cc3)o2)c(C(C)=O)c1. The first-order valence-electron chi connectivity index (χ1n) is 9.43. The molecule has 7 nitrogen and oxygen atoms in total. The van der Waals surface area contributed by atoms with Gasteiger partial charge in [-0.15, -0.1) is 10.2 Å². The van der Waals surface area contributed by atoms with Gasteiger partial charge in [0.1, 0.15) is 5.75 Å². The van der Waals surface area contributed by atoms with Crippen molar-refractivity contribution in [2.24, 2.45) is 0 Å². The van der Waals surface area contributed by atoms with Crippen molar-refractivity contribution in [3.05, 3.63) is 59.5 Å². The van der Waals surface area contributed by atoms with Gasteiger partial charge in [-0.25, -0.2) is 0 Å². The Hall–Kier alpha value is -3.48. The van der Waals surface area contributed by atoms with Crippen LogP contribution < -0.4 is 10.1 Å². The van der Waals surface area contributed by atoms with E-state index in [-0.39, 0.29) is 18.3 Å². The highest BCUT2D eigenvalue weighted by molar-refractivity contribution is 5.99. The summed E-state index contributed by atoms with van der Waals surface area (Å²) in [5, 5.41) is 10.8. The molecule has 2 aromatic carbocycles. The molecule has 0 fully saturated rings. The molecule has 150 valence electrons. The molecule has 0 aliphatic carbocycles. The van der Waals surface area contributed by atoms with E-state index in [2.05, 4.69) is 15.5 Å². The Bertz CT molecular complexity index is 1010. The van der Waals surface area contributed by atoms with E-state index in [9.17, 15) is 9.59 Å². The van der Waals surface area contributed by atoms with Crippen molar-refractivity contribution in [3.8, 4) is 17.2 Å². The smallest absolute Gasteiger partial charge is 0.254 e. The molecule has 1 N–H and O–H groups in total. The van der Waals surface area contributed by atoms with Crippen molar-refractivity contribution >= 4 is 17.4 Å². The number of anilines is 1. The minimum absolute atomic E-state index is 0.0285. The zero-order valence-electron chi connectivity index (χ0n) is 16.7. The maximum Gasteiger partial charge on any atom is 0.254 e. The Morgan fingerprint density at radius 1 is 1.10 bits per heavy atom. The lowest BCUT2D eigenvalue weighted by atomic mass is 10.1. The summed E-state index contributed by atoms with van der Waals surface area (Å²) in [6.45, 7) is 5.41. The van der Waals surface area contributed by atoms with E-state index in [1.165, 1.54) is 6.92 Å². The standard InChI is InChI=1S/C22H23N3O4/c1-4-5-20(27)23-17-10-11-19(18(12-17)15(3)26)28-13-21-24-25-22(29-21)16-8-6-14(2)7-9-16/h6-12H,4-5,13H2,1-3H3,(H,23,27). The zero-order chi connectivity index (χ0) is 20.8. The van der Waals surface area contributed by atoms with E-state index < -0.39 is 0 Å². The molecule has 1 amide bonds. The second-order valence-electron chi connectivity index (χ2n) is 6.72. The van der Waals surface area contributed by atoms with Gasteiger partial charge in [0.2, 0.25) is 11.8 Å². The number of carbonyl (C=O) groups is 2. The molecule has 0 radical (unpaired) electrons. The third-order valence-electron chi connectivity index (χ3n) is 4.24. The summed E-state index contributed by atoms with van der Waals surface area (Å²) in [6, 6.07) is 12.7. The minimum atomic E-state index is -0.169. The molecule has 0 aliphatic rings. The van der Waals surface area contributed by atoms with Gasteiger partial charge < -0.3 is 14.5 Å². The Morgan fingerprint density at radius 2 is 1.86 bits per heavy atom.